The van der Waals surface area contributed by atoms with Crippen LogP contribution >= 0.6 is 0 Å². The quantitative estimate of drug-likeness (QED) is 0.782. The van der Waals surface area contributed by atoms with E-state index in [1.54, 1.807) is 30.3 Å². The van der Waals surface area contributed by atoms with E-state index in [0.717, 1.165) is 30.6 Å². The Hall–Kier alpha value is -2.69. The van der Waals surface area contributed by atoms with Gasteiger partial charge < -0.3 is 4.74 Å². The number of benzene rings is 2. The lowest BCUT2D eigenvalue weighted by atomic mass is 9.98. The van der Waals surface area contributed by atoms with E-state index >= 15 is 0 Å². The summed E-state index contributed by atoms with van der Waals surface area (Å²) < 4.78 is 20.6. The van der Waals surface area contributed by atoms with Gasteiger partial charge in [-0.1, -0.05) is 24.6 Å². The van der Waals surface area contributed by atoms with Crippen LogP contribution in [0.1, 0.15) is 52.8 Å². The number of carbonyl (C=O) groups is 2. The van der Waals surface area contributed by atoms with Crippen LogP contribution in [0.2, 0.25) is 0 Å². The van der Waals surface area contributed by atoms with E-state index in [0.29, 0.717) is 11.1 Å². The minimum Gasteiger partial charge on any atom is -0.488 e. The molecule has 0 unspecified atom stereocenters. The molecule has 0 aromatic heterocycles. The monoisotopic (exact) mass is 339 g/mol. The summed E-state index contributed by atoms with van der Waals surface area (Å²) in [6.45, 7) is 0. The Labute approximate surface area is 145 Å². The number of anilines is 1. The molecule has 2 aliphatic rings. The molecule has 2 amide bonds. The molecule has 25 heavy (non-hydrogen) atoms. The number of rotatable bonds is 3. The summed E-state index contributed by atoms with van der Waals surface area (Å²) >= 11 is 0. The van der Waals surface area contributed by atoms with Gasteiger partial charge in [0.1, 0.15) is 11.4 Å². The molecule has 2 aromatic carbocycles. The standard InChI is InChI=1S/C20H18FNO3/c21-16-11-6-12-17(25-13-7-2-1-3-8-13)18(16)22-19(23)14-9-4-5-10-15(14)20(22)24/h4-6,9-13H,1-3,7-8H2. The lowest BCUT2D eigenvalue weighted by Gasteiger charge is -2.26. The van der Waals surface area contributed by atoms with E-state index in [2.05, 4.69) is 0 Å². The number of nitrogens with zero attached hydrogens (tertiary/aromatic N) is 1. The maximum Gasteiger partial charge on any atom is 0.266 e. The van der Waals surface area contributed by atoms with Crippen molar-refractivity contribution in [2.45, 2.75) is 38.2 Å². The Morgan fingerprint density at radius 2 is 1.52 bits per heavy atom. The number of ether oxygens (including phenoxy) is 1. The van der Waals surface area contributed by atoms with Gasteiger partial charge in [-0.05, 0) is 49.9 Å². The number of halogens is 1. The average molecular weight is 339 g/mol. The van der Waals surface area contributed by atoms with E-state index in [4.69, 9.17) is 4.74 Å². The van der Waals surface area contributed by atoms with Gasteiger partial charge in [0.25, 0.3) is 11.8 Å². The predicted molar refractivity (Wildman–Crippen MR) is 91.5 cm³/mol. The van der Waals surface area contributed by atoms with E-state index in [-0.39, 0.29) is 17.5 Å². The number of para-hydroxylation sites is 1. The van der Waals surface area contributed by atoms with Crippen LogP contribution in [0, 0.1) is 5.82 Å². The first-order chi connectivity index (χ1) is 12.2. The molecule has 128 valence electrons. The van der Waals surface area contributed by atoms with Gasteiger partial charge in [-0.15, -0.1) is 0 Å². The molecule has 1 aliphatic carbocycles. The second-order valence-electron chi connectivity index (χ2n) is 6.46. The summed E-state index contributed by atoms with van der Waals surface area (Å²) in [5.74, 6) is -1.41. The van der Waals surface area contributed by atoms with Gasteiger partial charge in [0.05, 0.1) is 17.2 Å². The van der Waals surface area contributed by atoms with Gasteiger partial charge in [-0.25, -0.2) is 9.29 Å². The van der Waals surface area contributed by atoms with Crippen molar-refractivity contribution in [3.05, 3.63) is 59.4 Å². The molecule has 2 aromatic rings. The summed E-state index contributed by atoms with van der Waals surface area (Å²) in [5.41, 5.74) is 0.498. The highest BCUT2D eigenvalue weighted by atomic mass is 19.1. The second kappa shape index (κ2) is 6.31. The number of fused-ring (bicyclic) bond motifs is 1. The lowest BCUT2D eigenvalue weighted by molar-refractivity contribution is 0.0920. The molecule has 4 rings (SSSR count). The Morgan fingerprint density at radius 3 is 2.16 bits per heavy atom. The van der Waals surface area contributed by atoms with Crippen molar-refractivity contribution in [2.24, 2.45) is 0 Å². The lowest BCUT2D eigenvalue weighted by Crippen LogP contribution is -2.31. The number of hydrogen-bond donors (Lipinski definition) is 0. The van der Waals surface area contributed by atoms with Crippen molar-refractivity contribution < 1.29 is 18.7 Å². The molecule has 0 atom stereocenters. The van der Waals surface area contributed by atoms with Crippen molar-refractivity contribution in [1.29, 1.82) is 0 Å². The average Bonchev–Trinajstić information content (AvgIpc) is 2.88. The summed E-state index contributed by atoms with van der Waals surface area (Å²) in [6.07, 6.45) is 5.11. The molecular formula is C20H18FNO3. The summed E-state index contributed by atoms with van der Waals surface area (Å²) in [6, 6.07) is 10.9. The zero-order valence-electron chi connectivity index (χ0n) is 13.7. The van der Waals surface area contributed by atoms with Crippen LogP contribution in [0.15, 0.2) is 42.5 Å². The molecule has 4 nitrogen and oxygen atoms in total. The van der Waals surface area contributed by atoms with Gasteiger partial charge in [-0.2, -0.15) is 0 Å². The number of imide groups is 1. The number of amides is 2. The van der Waals surface area contributed by atoms with Gasteiger partial charge >= 0.3 is 0 Å². The minimum atomic E-state index is -0.636. The van der Waals surface area contributed by atoms with Gasteiger partial charge in [-0.3, -0.25) is 9.59 Å². The summed E-state index contributed by atoms with van der Waals surface area (Å²) in [5, 5.41) is 0. The van der Waals surface area contributed by atoms with Crippen LogP contribution in [0.25, 0.3) is 0 Å². The number of carbonyl (C=O) groups excluding carboxylic acids is 2. The van der Waals surface area contributed by atoms with Crippen LogP contribution in [0.4, 0.5) is 10.1 Å². The summed E-state index contributed by atoms with van der Waals surface area (Å²) in [4.78, 5) is 26.3. The predicted octanol–water partition coefficient (Wildman–Crippen LogP) is 4.34. The maximum atomic E-state index is 14.6. The van der Waals surface area contributed by atoms with Gasteiger partial charge in [0, 0.05) is 0 Å². The van der Waals surface area contributed by atoms with E-state index < -0.39 is 17.6 Å². The topological polar surface area (TPSA) is 46.6 Å². The highest BCUT2D eigenvalue weighted by molar-refractivity contribution is 6.34. The molecule has 1 fully saturated rings. The minimum absolute atomic E-state index is 0.00974. The van der Waals surface area contributed by atoms with Crippen LogP contribution in [0.3, 0.4) is 0 Å². The highest BCUT2D eigenvalue weighted by Gasteiger charge is 2.39. The van der Waals surface area contributed by atoms with Crippen LogP contribution in [-0.4, -0.2) is 17.9 Å². The van der Waals surface area contributed by atoms with Crippen molar-refractivity contribution in [3.63, 3.8) is 0 Å². The molecule has 1 heterocycles. The molecule has 0 spiro atoms. The van der Waals surface area contributed by atoms with Crippen molar-refractivity contribution >= 4 is 17.5 Å². The van der Waals surface area contributed by atoms with E-state index in [9.17, 15) is 14.0 Å². The van der Waals surface area contributed by atoms with Crippen LogP contribution in [0.5, 0.6) is 5.75 Å². The molecule has 0 N–H and O–H groups in total. The zero-order valence-corrected chi connectivity index (χ0v) is 13.7. The molecule has 1 saturated carbocycles. The number of hydrogen-bond acceptors (Lipinski definition) is 3. The maximum absolute atomic E-state index is 14.6. The Balaban J connectivity index is 1.73. The Bertz CT molecular complexity index is 808. The van der Waals surface area contributed by atoms with Gasteiger partial charge in [0.2, 0.25) is 0 Å². The molecule has 5 heteroatoms. The fourth-order valence-corrected chi connectivity index (χ4v) is 3.56. The van der Waals surface area contributed by atoms with Crippen molar-refractivity contribution in [1.82, 2.24) is 0 Å². The fourth-order valence-electron chi connectivity index (χ4n) is 3.56. The van der Waals surface area contributed by atoms with Crippen molar-refractivity contribution in [2.75, 3.05) is 4.90 Å². The second-order valence-corrected chi connectivity index (χ2v) is 6.46. The summed E-state index contributed by atoms with van der Waals surface area (Å²) in [7, 11) is 0. The first-order valence-electron chi connectivity index (χ1n) is 8.60. The Kier molecular flexibility index (Phi) is 3.99. The largest absolute Gasteiger partial charge is 0.488 e. The SMILES string of the molecule is O=C1c2ccccc2C(=O)N1c1c(F)cccc1OC1CCCCC1. The molecule has 0 radical (unpaired) electrons. The zero-order chi connectivity index (χ0) is 17.4. The Morgan fingerprint density at radius 1 is 0.880 bits per heavy atom. The van der Waals surface area contributed by atoms with Crippen LogP contribution < -0.4 is 9.64 Å². The van der Waals surface area contributed by atoms with E-state index in [1.807, 2.05) is 0 Å². The highest BCUT2D eigenvalue weighted by Crippen LogP contribution is 2.38. The molecule has 1 aliphatic heterocycles. The third-order valence-electron chi connectivity index (χ3n) is 4.81. The smallest absolute Gasteiger partial charge is 0.266 e. The first kappa shape index (κ1) is 15.8. The van der Waals surface area contributed by atoms with Crippen LogP contribution in [-0.2, 0) is 0 Å². The third kappa shape index (κ3) is 2.69. The van der Waals surface area contributed by atoms with Crippen molar-refractivity contribution in [3.8, 4) is 5.75 Å². The first-order valence-corrected chi connectivity index (χ1v) is 8.60. The fraction of sp³-hybridized carbons (Fsp3) is 0.300. The third-order valence-corrected chi connectivity index (χ3v) is 4.81. The van der Waals surface area contributed by atoms with Gasteiger partial charge in [0.15, 0.2) is 5.82 Å². The normalized spacial score (nSPS) is 17.7. The molecule has 0 saturated heterocycles. The van der Waals surface area contributed by atoms with E-state index in [1.165, 1.54) is 18.6 Å². The molecular weight excluding hydrogens is 321 g/mol. The molecule has 0 bridgehead atoms.